The van der Waals surface area contributed by atoms with E-state index in [2.05, 4.69) is 0 Å². The van der Waals surface area contributed by atoms with Gasteiger partial charge in [-0.1, -0.05) is 0 Å². The molecule has 1 aromatic carbocycles. The van der Waals surface area contributed by atoms with Gasteiger partial charge >= 0.3 is 105 Å². The summed E-state index contributed by atoms with van der Waals surface area (Å²) in [6.07, 6.45) is 0. The summed E-state index contributed by atoms with van der Waals surface area (Å²) in [6.45, 7) is 2.12. The van der Waals surface area contributed by atoms with Crippen molar-refractivity contribution < 1.29 is 26.6 Å². The zero-order valence-corrected chi connectivity index (χ0v) is 11.6. The molecule has 0 atom stereocenters. The van der Waals surface area contributed by atoms with E-state index in [9.17, 15) is 26.6 Å². The molecule has 18 heavy (non-hydrogen) atoms. The number of aromatic hydroxyl groups is 1. The summed E-state index contributed by atoms with van der Waals surface area (Å²) in [5, 5.41) is 9.64. The van der Waals surface area contributed by atoms with E-state index in [1.165, 1.54) is 6.07 Å². The summed E-state index contributed by atoms with van der Waals surface area (Å²) in [7, 11) is 0. The fourth-order valence-electron chi connectivity index (χ4n) is 1.52. The Balaban J connectivity index is 3.61. The van der Waals surface area contributed by atoms with Crippen molar-refractivity contribution in [2.45, 2.75) is 13.8 Å². The molecule has 0 saturated heterocycles. The van der Waals surface area contributed by atoms with Crippen molar-refractivity contribution in [3.05, 3.63) is 18.2 Å². The Hall–Kier alpha value is -1.56. The molecule has 0 fully saturated rings. The number of phenolic OH excluding ortho intramolecular Hbond substituents is 1. The fourth-order valence-corrected chi connectivity index (χ4v) is 3.14. The van der Waals surface area contributed by atoms with Gasteiger partial charge in [0.25, 0.3) is 0 Å². The second kappa shape index (κ2) is 4.97. The van der Waals surface area contributed by atoms with E-state index >= 15 is 0 Å². The number of hydrogen-bond acceptors (Lipinski definition) is 4. The van der Waals surface area contributed by atoms with Gasteiger partial charge in [-0.2, -0.15) is 0 Å². The molecule has 0 aliphatic carbocycles. The van der Waals surface area contributed by atoms with Crippen LogP contribution in [0.5, 0.6) is 5.75 Å². The Morgan fingerprint density at radius 3 is 2.06 bits per heavy atom. The maximum absolute atomic E-state index is 11.4. The Morgan fingerprint density at radius 2 is 1.67 bits per heavy atom. The Labute approximate surface area is 106 Å². The van der Waals surface area contributed by atoms with E-state index < -0.39 is 41.8 Å². The van der Waals surface area contributed by atoms with Crippen molar-refractivity contribution in [3.63, 3.8) is 0 Å². The quantitative estimate of drug-likeness (QED) is 0.594. The Bertz CT molecular complexity index is 535. The first kappa shape index (κ1) is 14.5. The molecule has 0 aliphatic heterocycles. The molecule has 0 heterocycles. The molecule has 8 heteroatoms. The SMILES string of the molecule is CC(=O)N(C(C)=O)c1c(O)cccc1[As](=O)(O)O. The van der Waals surface area contributed by atoms with Crippen molar-refractivity contribution >= 4 is 36.0 Å². The first-order valence-electron chi connectivity index (χ1n) is 4.85. The van der Waals surface area contributed by atoms with Gasteiger partial charge in [-0.25, -0.2) is 0 Å². The number of amides is 2. The predicted molar refractivity (Wildman–Crippen MR) is 62.5 cm³/mol. The van der Waals surface area contributed by atoms with Crippen LogP contribution in [0.1, 0.15) is 13.8 Å². The number of nitrogens with zero attached hydrogens (tertiary/aromatic N) is 1. The average Bonchev–Trinajstić information content (AvgIpc) is 2.17. The molecular formula is C10H12AsNO6. The van der Waals surface area contributed by atoms with Crippen LogP contribution in [0.15, 0.2) is 18.2 Å². The second-order valence-electron chi connectivity index (χ2n) is 3.56. The normalized spacial score (nSPS) is 11.1. The minimum absolute atomic E-state index is 0.454. The molecule has 1 rings (SSSR count). The molecule has 3 N–H and O–H groups in total. The van der Waals surface area contributed by atoms with Crippen molar-refractivity contribution in [1.29, 1.82) is 0 Å². The van der Waals surface area contributed by atoms with Crippen LogP contribution in [0.4, 0.5) is 5.69 Å². The molecule has 0 radical (unpaired) electrons. The number of carbonyl (C=O) groups excluding carboxylic acids is 2. The van der Waals surface area contributed by atoms with Crippen LogP contribution in [0.3, 0.4) is 0 Å². The summed E-state index contributed by atoms with van der Waals surface area (Å²) >= 11 is -5.37. The molecule has 0 saturated carbocycles. The summed E-state index contributed by atoms with van der Waals surface area (Å²) in [5.74, 6) is -2.02. The molecule has 0 unspecified atom stereocenters. The van der Waals surface area contributed by atoms with Crippen LogP contribution in [-0.4, -0.2) is 39.3 Å². The van der Waals surface area contributed by atoms with Gasteiger partial charge in [-0.05, 0) is 0 Å². The molecule has 1 aromatic rings. The van der Waals surface area contributed by atoms with Crippen molar-refractivity contribution in [3.8, 4) is 5.75 Å². The van der Waals surface area contributed by atoms with Crippen LogP contribution >= 0.6 is 0 Å². The van der Waals surface area contributed by atoms with Gasteiger partial charge in [0.2, 0.25) is 0 Å². The molecule has 0 bridgehead atoms. The summed E-state index contributed by atoms with van der Waals surface area (Å²) < 4.78 is 29.3. The zero-order valence-electron chi connectivity index (χ0n) is 9.69. The summed E-state index contributed by atoms with van der Waals surface area (Å²) in [5.41, 5.74) is -0.454. The van der Waals surface area contributed by atoms with E-state index in [4.69, 9.17) is 0 Å². The number of phenols is 1. The van der Waals surface area contributed by atoms with E-state index in [-0.39, 0.29) is 0 Å². The molecule has 98 valence electrons. The summed E-state index contributed by atoms with van der Waals surface area (Å²) in [6, 6.07) is 3.45. The molecular weight excluding hydrogens is 305 g/mol. The monoisotopic (exact) mass is 317 g/mol. The fraction of sp³-hybridized carbons (Fsp3) is 0.200. The minimum atomic E-state index is -5.37. The van der Waals surface area contributed by atoms with E-state index in [1.807, 2.05) is 0 Å². The molecule has 7 nitrogen and oxygen atoms in total. The number of anilines is 1. The number of benzene rings is 1. The third-order valence-corrected chi connectivity index (χ3v) is 4.23. The first-order chi connectivity index (χ1) is 8.16. The van der Waals surface area contributed by atoms with Gasteiger partial charge in [0, 0.05) is 0 Å². The predicted octanol–water partition coefficient (Wildman–Crippen LogP) is -1.15. The van der Waals surface area contributed by atoms with Crippen LogP contribution in [0, 0.1) is 0 Å². The standard InChI is InChI=1S/C10H12AsNO6/c1-6(13)12(7(2)14)10-8(11(16,17)18)4-3-5-9(10)15/h3-5,15H,1-2H3,(H2,16,17,18). The van der Waals surface area contributed by atoms with Gasteiger partial charge in [0.05, 0.1) is 0 Å². The van der Waals surface area contributed by atoms with Crippen LogP contribution in [0.25, 0.3) is 0 Å². The second-order valence-corrected chi connectivity index (χ2v) is 6.86. The summed E-state index contributed by atoms with van der Waals surface area (Å²) in [4.78, 5) is 23.3. The molecule has 0 aromatic heterocycles. The van der Waals surface area contributed by atoms with Crippen LogP contribution in [0.2, 0.25) is 0 Å². The van der Waals surface area contributed by atoms with Crippen molar-refractivity contribution in [2.24, 2.45) is 0 Å². The number of rotatable bonds is 2. The average molecular weight is 317 g/mol. The third-order valence-electron chi connectivity index (χ3n) is 2.16. The number of hydrogen-bond donors (Lipinski definition) is 3. The molecule has 0 spiro atoms. The third kappa shape index (κ3) is 2.81. The first-order valence-corrected chi connectivity index (χ1v) is 8.24. The van der Waals surface area contributed by atoms with Gasteiger partial charge < -0.3 is 0 Å². The maximum atomic E-state index is 11.4. The van der Waals surface area contributed by atoms with Crippen LogP contribution < -0.4 is 9.25 Å². The van der Waals surface area contributed by atoms with E-state index in [0.29, 0.717) is 4.90 Å². The topological polar surface area (TPSA) is 115 Å². The van der Waals surface area contributed by atoms with Gasteiger partial charge in [-0.3, -0.25) is 0 Å². The van der Waals surface area contributed by atoms with Crippen molar-refractivity contribution in [2.75, 3.05) is 4.90 Å². The van der Waals surface area contributed by atoms with Gasteiger partial charge in [-0.15, -0.1) is 0 Å². The van der Waals surface area contributed by atoms with Gasteiger partial charge in [0.1, 0.15) is 0 Å². The van der Waals surface area contributed by atoms with E-state index in [1.54, 1.807) is 0 Å². The number of para-hydroxylation sites is 1. The molecule has 2 amide bonds. The molecule has 0 aliphatic rings. The van der Waals surface area contributed by atoms with Crippen LogP contribution in [-0.2, 0) is 13.3 Å². The van der Waals surface area contributed by atoms with Gasteiger partial charge in [0.15, 0.2) is 0 Å². The number of imide groups is 1. The zero-order chi connectivity index (χ0) is 14.1. The Kier molecular flexibility index (Phi) is 4.01. The van der Waals surface area contributed by atoms with E-state index in [0.717, 1.165) is 26.0 Å². The Morgan fingerprint density at radius 1 is 1.17 bits per heavy atom. The number of carbonyl (C=O) groups is 2. The van der Waals surface area contributed by atoms with Crippen molar-refractivity contribution in [1.82, 2.24) is 0 Å².